The highest BCUT2D eigenvalue weighted by Gasteiger charge is 2.20. The van der Waals surface area contributed by atoms with Crippen molar-refractivity contribution in [2.45, 2.75) is 18.7 Å². The summed E-state index contributed by atoms with van der Waals surface area (Å²) >= 11 is 0. The van der Waals surface area contributed by atoms with Crippen molar-refractivity contribution in [1.82, 2.24) is 4.57 Å². The summed E-state index contributed by atoms with van der Waals surface area (Å²) in [4.78, 5) is 18.1. The third-order valence-electron chi connectivity index (χ3n) is 6.53. The van der Waals surface area contributed by atoms with Crippen LogP contribution in [-0.2, 0) is 10.0 Å². The summed E-state index contributed by atoms with van der Waals surface area (Å²) < 4.78 is 35.4. The molecule has 0 spiro atoms. The lowest BCUT2D eigenvalue weighted by Crippen LogP contribution is -2.21. The molecule has 5 aromatic rings. The van der Waals surface area contributed by atoms with Crippen molar-refractivity contribution in [3.05, 3.63) is 118 Å². The van der Waals surface area contributed by atoms with Gasteiger partial charge in [-0.15, -0.1) is 0 Å². The van der Waals surface area contributed by atoms with Gasteiger partial charge in [0.1, 0.15) is 5.75 Å². The number of benzene rings is 4. The fourth-order valence-electron chi connectivity index (χ4n) is 4.54. The zero-order valence-electron chi connectivity index (χ0n) is 22.1. The number of aryl methyl sites for hydroxylation is 2. The van der Waals surface area contributed by atoms with Crippen LogP contribution in [0.15, 0.2) is 106 Å². The summed E-state index contributed by atoms with van der Waals surface area (Å²) in [6, 6.07) is 25.2. The number of hydrogen-bond donors (Lipinski definition) is 2. The van der Waals surface area contributed by atoms with E-state index in [9.17, 15) is 18.3 Å². The number of methoxy groups -OCH3 is 1. The minimum Gasteiger partial charge on any atom is -0.495 e. The predicted octanol–water partition coefficient (Wildman–Crippen LogP) is 5.87. The number of aromatic nitrogens is 1. The van der Waals surface area contributed by atoms with E-state index < -0.39 is 15.6 Å². The molecule has 0 aliphatic rings. The van der Waals surface area contributed by atoms with Crippen LogP contribution < -0.4 is 15.0 Å². The molecule has 5 rings (SSSR count). The Morgan fingerprint density at radius 3 is 2.38 bits per heavy atom. The van der Waals surface area contributed by atoms with Crippen LogP contribution in [0.4, 0.5) is 11.4 Å². The zero-order chi connectivity index (χ0) is 28.4. The van der Waals surface area contributed by atoms with Crippen LogP contribution in [0.1, 0.15) is 16.7 Å². The van der Waals surface area contributed by atoms with Crippen LogP contribution in [0.2, 0.25) is 0 Å². The summed E-state index contributed by atoms with van der Waals surface area (Å²) in [5.41, 5.74) is 3.08. The number of fused-ring (bicyclic) bond motifs is 1. The Hall–Kier alpha value is -4.89. The zero-order valence-corrected chi connectivity index (χ0v) is 22.9. The number of rotatable bonds is 7. The molecule has 9 heteroatoms. The maximum atomic E-state index is 13.6. The van der Waals surface area contributed by atoms with E-state index >= 15 is 0 Å². The molecule has 0 aliphatic carbocycles. The molecular formula is C31H27N3O5S. The fraction of sp³-hybridized carbons (Fsp3) is 0.0968. The number of hydrogen-bond acceptors (Lipinski definition) is 6. The smallest absolute Gasteiger partial charge is 0.265 e. The molecule has 4 aromatic carbocycles. The van der Waals surface area contributed by atoms with Gasteiger partial charge in [0.25, 0.3) is 15.6 Å². The molecule has 2 N–H and O–H groups in total. The van der Waals surface area contributed by atoms with Gasteiger partial charge in [-0.2, -0.15) is 0 Å². The maximum absolute atomic E-state index is 13.6. The van der Waals surface area contributed by atoms with Crippen molar-refractivity contribution in [2.75, 3.05) is 11.8 Å². The van der Waals surface area contributed by atoms with E-state index in [1.54, 1.807) is 54.6 Å². The minimum absolute atomic E-state index is 0.0964. The lowest BCUT2D eigenvalue weighted by atomic mass is 10.1. The van der Waals surface area contributed by atoms with E-state index in [2.05, 4.69) is 9.71 Å². The Labute approximate surface area is 231 Å². The van der Waals surface area contributed by atoms with Crippen molar-refractivity contribution < 1.29 is 18.3 Å². The summed E-state index contributed by atoms with van der Waals surface area (Å²) in [5, 5.41) is 12.3. The largest absolute Gasteiger partial charge is 0.495 e. The van der Waals surface area contributed by atoms with Crippen LogP contribution in [0, 0.1) is 13.8 Å². The molecule has 0 unspecified atom stereocenters. The number of aromatic hydroxyl groups is 1. The number of sulfonamides is 1. The van der Waals surface area contributed by atoms with E-state index in [0.29, 0.717) is 22.1 Å². The van der Waals surface area contributed by atoms with Gasteiger partial charge >= 0.3 is 0 Å². The Morgan fingerprint density at radius 1 is 0.900 bits per heavy atom. The van der Waals surface area contributed by atoms with Crippen LogP contribution in [0.5, 0.6) is 11.6 Å². The standard InChI is InChI=1S/C31H27N3O5S/c1-20-15-16-27(21(2)17-20)32-19-26-24-11-4-5-12-25(24)30(35)34(31(26)36)22-9-8-10-23(18-22)40(37,38)33-28-13-6-7-14-29(28)39-3/h4-19,33,36H,1-3H3. The highest BCUT2D eigenvalue weighted by atomic mass is 32.2. The maximum Gasteiger partial charge on any atom is 0.265 e. The Morgan fingerprint density at radius 2 is 1.62 bits per heavy atom. The van der Waals surface area contributed by atoms with Crippen LogP contribution >= 0.6 is 0 Å². The number of para-hydroxylation sites is 2. The van der Waals surface area contributed by atoms with Gasteiger partial charge in [0, 0.05) is 17.0 Å². The van der Waals surface area contributed by atoms with Crippen molar-refractivity contribution >= 4 is 38.4 Å². The number of nitrogens with one attached hydrogen (secondary N) is 1. The molecule has 0 fully saturated rings. The lowest BCUT2D eigenvalue weighted by Gasteiger charge is -2.15. The fourth-order valence-corrected chi connectivity index (χ4v) is 5.65. The van der Waals surface area contributed by atoms with Gasteiger partial charge in [0.05, 0.1) is 34.6 Å². The first-order valence-corrected chi connectivity index (χ1v) is 13.9. The van der Waals surface area contributed by atoms with Crippen molar-refractivity contribution in [2.24, 2.45) is 4.99 Å². The van der Waals surface area contributed by atoms with E-state index in [-0.39, 0.29) is 22.2 Å². The Kier molecular flexibility index (Phi) is 7.15. The Bertz CT molecular complexity index is 1950. The summed E-state index contributed by atoms with van der Waals surface area (Å²) in [5.74, 6) is 0.00261. The second-order valence-corrected chi connectivity index (χ2v) is 11.0. The van der Waals surface area contributed by atoms with Crippen molar-refractivity contribution in [3.8, 4) is 17.3 Å². The average Bonchev–Trinajstić information content (AvgIpc) is 2.94. The molecule has 0 atom stereocenters. The molecule has 0 amide bonds. The molecule has 0 saturated carbocycles. The number of nitrogens with zero attached hydrogens (tertiary/aromatic N) is 2. The van der Waals surface area contributed by atoms with Gasteiger partial charge in [-0.3, -0.25) is 14.5 Å². The first-order valence-electron chi connectivity index (χ1n) is 12.4. The summed E-state index contributed by atoms with van der Waals surface area (Å²) in [6.07, 6.45) is 1.52. The van der Waals surface area contributed by atoms with Gasteiger partial charge in [-0.25, -0.2) is 13.0 Å². The molecule has 0 aliphatic heterocycles. The Balaban J connectivity index is 1.64. The van der Waals surface area contributed by atoms with Gasteiger partial charge in [-0.05, 0) is 61.9 Å². The number of ether oxygens (including phenoxy) is 1. The number of pyridine rings is 1. The average molecular weight is 554 g/mol. The van der Waals surface area contributed by atoms with Gasteiger partial charge in [-0.1, -0.05) is 54.1 Å². The third kappa shape index (κ3) is 5.06. The van der Waals surface area contributed by atoms with Gasteiger partial charge in [0.15, 0.2) is 0 Å². The van der Waals surface area contributed by atoms with Gasteiger partial charge < -0.3 is 9.84 Å². The van der Waals surface area contributed by atoms with Crippen molar-refractivity contribution in [1.29, 1.82) is 0 Å². The summed E-state index contributed by atoms with van der Waals surface area (Å²) in [7, 11) is -2.61. The number of aliphatic imine (C=N–C) groups is 1. The lowest BCUT2D eigenvalue weighted by molar-refractivity contribution is 0.417. The third-order valence-corrected chi connectivity index (χ3v) is 7.89. The minimum atomic E-state index is -4.06. The second-order valence-electron chi connectivity index (χ2n) is 9.27. The first-order chi connectivity index (χ1) is 19.2. The normalized spacial score (nSPS) is 11.7. The molecule has 1 aromatic heterocycles. The molecule has 202 valence electrons. The second kappa shape index (κ2) is 10.7. The molecular weight excluding hydrogens is 526 g/mol. The molecule has 40 heavy (non-hydrogen) atoms. The quantitative estimate of drug-likeness (QED) is 0.245. The summed E-state index contributed by atoms with van der Waals surface area (Å²) in [6.45, 7) is 3.94. The van der Waals surface area contributed by atoms with Gasteiger partial charge in [0.2, 0.25) is 5.88 Å². The van der Waals surface area contributed by atoms with Crippen LogP contribution in [-0.4, -0.2) is 31.4 Å². The van der Waals surface area contributed by atoms with E-state index in [4.69, 9.17) is 4.74 Å². The topological polar surface area (TPSA) is 110 Å². The molecule has 0 bridgehead atoms. The highest BCUT2D eigenvalue weighted by Crippen LogP contribution is 2.30. The SMILES string of the molecule is COc1ccccc1NS(=O)(=O)c1cccc(-n2c(O)c(C=Nc3ccc(C)cc3C)c3ccccc3c2=O)c1. The van der Waals surface area contributed by atoms with Crippen LogP contribution in [0.3, 0.4) is 0 Å². The predicted molar refractivity (Wildman–Crippen MR) is 158 cm³/mol. The van der Waals surface area contributed by atoms with E-state index in [1.165, 1.54) is 31.5 Å². The molecule has 8 nitrogen and oxygen atoms in total. The van der Waals surface area contributed by atoms with Crippen LogP contribution in [0.25, 0.3) is 16.5 Å². The monoisotopic (exact) mass is 553 g/mol. The highest BCUT2D eigenvalue weighted by molar-refractivity contribution is 7.92. The number of anilines is 1. The van der Waals surface area contributed by atoms with E-state index in [1.807, 2.05) is 32.0 Å². The molecule has 0 saturated heterocycles. The molecule has 1 heterocycles. The van der Waals surface area contributed by atoms with Crippen molar-refractivity contribution in [3.63, 3.8) is 0 Å². The molecule has 0 radical (unpaired) electrons. The first kappa shape index (κ1) is 26.7. The van der Waals surface area contributed by atoms with E-state index in [0.717, 1.165) is 21.4 Å².